The Balaban J connectivity index is 2.32. The van der Waals surface area contributed by atoms with Gasteiger partial charge >= 0.3 is 0 Å². The summed E-state index contributed by atoms with van der Waals surface area (Å²) in [4.78, 5) is 0. The molecule has 0 aromatic heterocycles. The van der Waals surface area contributed by atoms with E-state index < -0.39 is 0 Å². The standard InChI is InChI=1S/C15H24N2O/c1-10-6-12(7-11(2)15(10)18-3)14-4-5-17-9-13(14)8-16/h6-7,13-14,17H,4-5,8-9,16H2,1-3H3. The Labute approximate surface area is 110 Å². The van der Waals surface area contributed by atoms with Gasteiger partial charge < -0.3 is 15.8 Å². The molecule has 2 unspecified atom stereocenters. The summed E-state index contributed by atoms with van der Waals surface area (Å²) in [6, 6.07) is 4.54. The molecular formula is C15H24N2O. The Kier molecular flexibility index (Phi) is 4.25. The lowest BCUT2D eigenvalue weighted by Gasteiger charge is -2.32. The molecule has 3 N–H and O–H groups in total. The third kappa shape index (κ3) is 2.52. The number of nitrogens with one attached hydrogen (secondary N) is 1. The topological polar surface area (TPSA) is 47.3 Å². The first-order valence-electron chi connectivity index (χ1n) is 6.73. The van der Waals surface area contributed by atoms with Crippen LogP contribution in [-0.2, 0) is 0 Å². The molecule has 18 heavy (non-hydrogen) atoms. The Bertz CT molecular complexity index is 394. The van der Waals surface area contributed by atoms with Gasteiger partial charge in [0, 0.05) is 0 Å². The zero-order chi connectivity index (χ0) is 13.1. The van der Waals surface area contributed by atoms with Gasteiger partial charge in [-0.1, -0.05) is 12.1 Å². The maximum absolute atomic E-state index is 5.90. The second-order valence-corrected chi connectivity index (χ2v) is 5.28. The average molecular weight is 248 g/mol. The predicted molar refractivity (Wildman–Crippen MR) is 75.2 cm³/mol. The normalized spacial score (nSPS) is 24.0. The first-order valence-corrected chi connectivity index (χ1v) is 6.73. The molecule has 3 heteroatoms. The monoisotopic (exact) mass is 248 g/mol. The van der Waals surface area contributed by atoms with Crippen molar-refractivity contribution in [3.8, 4) is 5.75 Å². The first kappa shape index (κ1) is 13.4. The summed E-state index contributed by atoms with van der Waals surface area (Å²) in [5.41, 5.74) is 9.77. The molecule has 2 atom stereocenters. The summed E-state index contributed by atoms with van der Waals surface area (Å²) in [6.45, 7) is 7.11. The molecule has 2 rings (SSSR count). The van der Waals surface area contributed by atoms with Gasteiger partial charge in [0.1, 0.15) is 5.75 Å². The second-order valence-electron chi connectivity index (χ2n) is 5.28. The molecule has 0 aliphatic carbocycles. The van der Waals surface area contributed by atoms with E-state index in [0.29, 0.717) is 11.8 Å². The minimum absolute atomic E-state index is 0.547. The minimum Gasteiger partial charge on any atom is -0.496 e. The van der Waals surface area contributed by atoms with E-state index in [4.69, 9.17) is 10.5 Å². The van der Waals surface area contributed by atoms with E-state index in [0.717, 1.165) is 25.4 Å². The molecule has 0 spiro atoms. The van der Waals surface area contributed by atoms with Crippen LogP contribution in [0.5, 0.6) is 5.75 Å². The van der Waals surface area contributed by atoms with Gasteiger partial charge in [0.05, 0.1) is 7.11 Å². The largest absolute Gasteiger partial charge is 0.496 e. The van der Waals surface area contributed by atoms with Gasteiger partial charge in [-0.25, -0.2) is 0 Å². The van der Waals surface area contributed by atoms with Crippen LogP contribution in [0, 0.1) is 19.8 Å². The van der Waals surface area contributed by atoms with Crippen LogP contribution in [0.3, 0.4) is 0 Å². The van der Waals surface area contributed by atoms with Crippen LogP contribution in [0.25, 0.3) is 0 Å². The van der Waals surface area contributed by atoms with Crippen LogP contribution in [0.15, 0.2) is 12.1 Å². The summed E-state index contributed by atoms with van der Waals surface area (Å²) in [5.74, 6) is 2.14. The minimum atomic E-state index is 0.547. The lowest BCUT2D eigenvalue weighted by atomic mass is 9.80. The Hall–Kier alpha value is -1.06. The van der Waals surface area contributed by atoms with Crippen LogP contribution in [0.4, 0.5) is 0 Å². The summed E-state index contributed by atoms with van der Waals surface area (Å²) in [6.07, 6.45) is 1.17. The quantitative estimate of drug-likeness (QED) is 0.859. The molecule has 1 fully saturated rings. The number of piperidine rings is 1. The number of rotatable bonds is 3. The van der Waals surface area contributed by atoms with Gasteiger partial charge in [0.15, 0.2) is 0 Å². The van der Waals surface area contributed by atoms with Crippen LogP contribution in [0.2, 0.25) is 0 Å². The fraction of sp³-hybridized carbons (Fsp3) is 0.600. The van der Waals surface area contributed by atoms with Crippen LogP contribution >= 0.6 is 0 Å². The number of aryl methyl sites for hydroxylation is 2. The molecule has 1 aliphatic rings. The molecule has 0 radical (unpaired) electrons. The highest BCUT2D eigenvalue weighted by Gasteiger charge is 2.26. The fourth-order valence-corrected chi connectivity index (χ4v) is 3.13. The lowest BCUT2D eigenvalue weighted by molar-refractivity contribution is 0.332. The Morgan fingerprint density at radius 2 is 2.00 bits per heavy atom. The van der Waals surface area contributed by atoms with Gasteiger partial charge in [0.2, 0.25) is 0 Å². The van der Waals surface area contributed by atoms with Crippen LogP contribution in [-0.4, -0.2) is 26.7 Å². The first-order chi connectivity index (χ1) is 8.67. The third-order valence-electron chi connectivity index (χ3n) is 4.03. The maximum Gasteiger partial charge on any atom is 0.124 e. The molecule has 1 aromatic rings. The molecule has 1 saturated heterocycles. The molecule has 0 bridgehead atoms. The van der Waals surface area contributed by atoms with E-state index in [1.165, 1.54) is 23.1 Å². The van der Waals surface area contributed by atoms with E-state index >= 15 is 0 Å². The Morgan fingerprint density at radius 3 is 2.56 bits per heavy atom. The van der Waals surface area contributed by atoms with Crippen molar-refractivity contribution >= 4 is 0 Å². The summed E-state index contributed by atoms with van der Waals surface area (Å²) in [7, 11) is 1.74. The zero-order valence-corrected chi connectivity index (χ0v) is 11.6. The van der Waals surface area contributed by atoms with Crippen molar-refractivity contribution in [2.75, 3.05) is 26.7 Å². The molecule has 100 valence electrons. The van der Waals surface area contributed by atoms with Crippen molar-refractivity contribution in [1.82, 2.24) is 5.32 Å². The third-order valence-corrected chi connectivity index (χ3v) is 4.03. The van der Waals surface area contributed by atoms with Crippen molar-refractivity contribution in [2.24, 2.45) is 11.7 Å². The predicted octanol–water partition coefficient (Wildman–Crippen LogP) is 1.96. The smallest absolute Gasteiger partial charge is 0.124 e. The molecule has 1 aromatic carbocycles. The number of hydrogen-bond acceptors (Lipinski definition) is 3. The molecule has 3 nitrogen and oxygen atoms in total. The van der Waals surface area contributed by atoms with Crippen molar-refractivity contribution in [3.05, 3.63) is 28.8 Å². The SMILES string of the molecule is COc1c(C)cc(C2CCNCC2CN)cc1C. The summed E-state index contributed by atoms with van der Waals surface area (Å²) >= 11 is 0. The number of benzene rings is 1. The van der Waals surface area contributed by atoms with Crippen molar-refractivity contribution in [1.29, 1.82) is 0 Å². The number of ether oxygens (including phenoxy) is 1. The fourth-order valence-electron chi connectivity index (χ4n) is 3.13. The zero-order valence-electron chi connectivity index (χ0n) is 11.6. The van der Waals surface area contributed by atoms with E-state index in [1.807, 2.05) is 0 Å². The summed E-state index contributed by atoms with van der Waals surface area (Å²) < 4.78 is 5.43. The highest BCUT2D eigenvalue weighted by atomic mass is 16.5. The van der Waals surface area contributed by atoms with Crippen molar-refractivity contribution < 1.29 is 4.74 Å². The van der Waals surface area contributed by atoms with Crippen LogP contribution in [0.1, 0.15) is 29.0 Å². The molecule has 0 amide bonds. The second kappa shape index (κ2) is 5.72. The molecular weight excluding hydrogens is 224 g/mol. The van der Waals surface area contributed by atoms with Crippen molar-refractivity contribution in [3.63, 3.8) is 0 Å². The highest BCUT2D eigenvalue weighted by Crippen LogP contribution is 2.34. The van der Waals surface area contributed by atoms with Gasteiger partial charge in [-0.3, -0.25) is 0 Å². The molecule has 1 aliphatic heterocycles. The number of nitrogens with two attached hydrogens (primary N) is 1. The average Bonchev–Trinajstić information content (AvgIpc) is 2.38. The highest BCUT2D eigenvalue weighted by molar-refractivity contribution is 5.44. The lowest BCUT2D eigenvalue weighted by Crippen LogP contribution is -2.39. The van der Waals surface area contributed by atoms with Crippen LogP contribution < -0.4 is 15.8 Å². The van der Waals surface area contributed by atoms with E-state index in [9.17, 15) is 0 Å². The van der Waals surface area contributed by atoms with E-state index in [-0.39, 0.29) is 0 Å². The van der Waals surface area contributed by atoms with Crippen molar-refractivity contribution in [2.45, 2.75) is 26.2 Å². The van der Waals surface area contributed by atoms with Gasteiger partial charge in [-0.05, 0) is 68.4 Å². The molecule has 0 saturated carbocycles. The Morgan fingerprint density at radius 1 is 1.33 bits per heavy atom. The van der Waals surface area contributed by atoms with Gasteiger partial charge in [-0.15, -0.1) is 0 Å². The van der Waals surface area contributed by atoms with Gasteiger partial charge in [0.25, 0.3) is 0 Å². The maximum atomic E-state index is 5.90. The van der Waals surface area contributed by atoms with E-state index in [2.05, 4.69) is 31.3 Å². The van der Waals surface area contributed by atoms with E-state index in [1.54, 1.807) is 7.11 Å². The number of hydrogen-bond donors (Lipinski definition) is 2. The number of methoxy groups -OCH3 is 1. The molecule has 1 heterocycles. The van der Waals surface area contributed by atoms with Gasteiger partial charge in [-0.2, -0.15) is 0 Å². The summed E-state index contributed by atoms with van der Waals surface area (Å²) in [5, 5.41) is 3.43.